The van der Waals surface area contributed by atoms with Crippen LogP contribution in [0.2, 0.25) is 5.02 Å². The summed E-state index contributed by atoms with van der Waals surface area (Å²) in [4.78, 5) is 19.0. The molecule has 1 aromatic heterocycles. The summed E-state index contributed by atoms with van der Waals surface area (Å²) in [7, 11) is 1.59. The summed E-state index contributed by atoms with van der Waals surface area (Å²) < 4.78 is 5.36. The first-order valence-electron chi connectivity index (χ1n) is 9.01. The molecule has 0 aliphatic heterocycles. The summed E-state index contributed by atoms with van der Waals surface area (Å²) in [5.41, 5.74) is 1.88. The molecule has 0 fully saturated rings. The molecular formula is C19H23ClN4O2S. The summed E-state index contributed by atoms with van der Waals surface area (Å²) in [6.07, 6.45) is 6.57. The quantitative estimate of drug-likeness (QED) is 0.684. The molecule has 1 N–H and O–H groups in total. The van der Waals surface area contributed by atoms with E-state index in [2.05, 4.69) is 21.3 Å². The summed E-state index contributed by atoms with van der Waals surface area (Å²) in [5.74, 6) is 1.60. The number of ether oxygens (including phenoxy) is 1. The molecule has 0 spiro atoms. The van der Waals surface area contributed by atoms with Crippen molar-refractivity contribution in [1.82, 2.24) is 20.1 Å². The summed E-state index contributed by atoms with van der Waals surface area (Å²) in [5, 5.41) is 8.22. The van der Waals surface area contributed by atoms with E-state index in [0.29, 0.717) is 34.1 Å². The van der Waals surface area contributed by atoms with Crippen molar-refractivity contribution >= 4 is 29.3 Å². The number of aromatic amines is 1. The largest absolute Gasteiger partial charge is 0.496 e. The highest BCUT2D eigenvalue weighted by atomic mass is 35.5. The van der Waals surface area contributed by atoms with E-state index in [1.54, 1.807) is 25.3 Å². The zero-order valence-electron chi connectivity index (χ0n) is 15.5. The van der Waals surface area contributed by atoms with Gasteiger partial charge in [-0.2, -0.15) is 0 Å². The van der Waals surface area contributed by atoms with E-state index in [9.17, 15) is 4.79 Å². The SMILES string of the molecule is CCN(C(=O)CSc1n[nH]c(-c2cc(Cl)ccc2OC)n1)C1=CCCCC1. The molecule has 1 aliphatic rings. The first-order valence-corrected chi connectivity index (χ1v) is 10.4. The number of nitrogens with one attached hydrogen (secondary N) is 1. The number of rotatable bonds is 7. The minimum Gasteiger partial charge on any atom is -0.496 e. The zero-order chi connectivity index (χ0) is 19.2. The molecule has 1 aliphatic carbocycles. The zero-order valence-corrected chi connectivity index (χ0v) is 17.1. The van der Waals surface area contributed by atoms with Gasteiger partial charge in [-0.05, 0) is 50.8 Å². The van der Waals surface area contributed by atoms with E-state index >= 15 is 0 Å². The van der Waals surface area contributed by atoms with Gasteiger partial charge >= 0.3 is 0 Å². The number of carbonyl (C=O) groups excluding carboxylic acids is 1. The van der Waals surface area contributed by atoms with E-state index in [-0.39, 0.29) is 5.91 Å². The minimum atomic E-state index is 0.0855. The molecule has 1 heterocycles. The lowest BCUT2D eigenvalue weighted by Gasteiger charge is -2.26. The molecule has 0 radical (unpaired) electrons. The van der Waals surface area contributed by atoms with E-state index in [1.165, 1.54) is 18.2 Å². The Morgan fingerprint density at radius 3 is 2.96 bits per heavy atom. The van der Waals surface area contributed by atoms with Crippen LogP contribution in [-0.2, 0) is 4.79 Å². The Kier molecular flexibility index (Phi) is 6.79. The van der Waals surface area contributed by atoms with Crippen LogP contribution in [0.25, 0.3) is 11.4 Å². The standard InChI is InChI=1S/C19H23ClN4O2S/c1-3-24(14-7-5-4-6-8-14)17(25)12-27-19-21-18(22-23-19)15-11-13(20)9-10-16(15)26-2/h7,9-11H,3-6,8,12H2,1-2H3,(H,21,22,23). The van der Waals surface area contributed by atoms with Crippen molar-refractivity contribution < 1.29 is 9.53 Å². The lowest BCUT2D eigenvalue weighted by Crippen LogP contribution is -2.32. The summed E-state index contributed by atoms with van der Waals surface area (Å²) in [6, 6.07) is 5.32. The number of benzene rings is 1. The van der Waals surface area contributed by atoms with Crippen LogP contribution in [0, 0.1) is 0 Å². The van der Waals surface area contributed by atoms with Gasteiger partial charge < -0.3 is 9.64 Å². The molecular weight excluding hydrogens is 384 g/mol. The second-order valence-corrected chi connectivity index (χ2v) is 7.56. The van der Waals surface area contributed by atoms with Crippen LogP contribution < -0.4 is 4.74 Å². The highest BCUT2D eigenvalue weighted by Crippen LogP contribution is 2.31. The van der Waals surface area contributed by atoms with Crippen molar-refractivity contribution in [3.05, 3.63) is 35.0 Å². The van der Waals surface area contributed by atoms with Crippen molar-refractivity contribution in [3.8, 4) is 17.1 Å². The number of aromatic nitrogens is 3. The van der Waals surface area contributed by atoms with Crippen LogP contribution in [-0.4, -0.2) is 45.4 Å². The Balaban J connectivity index is 1.67. The Bertz CT molecular complexity index is 837. The van der Waals surface area contributed by atoms with Gasteiger partial charge in [-0.3, -0.25) is 9.89 Å². The number of amides is 1. The average Bonchev–Trinajstić information content (AvgIpc) is 3.17. The monoisotopic (exact) mass is 406 g/mol. The number of hydrogen-bond donors (Lipinski definition) is 1. The molecule has 0 unspecified atom stereocenters. The summed E-state index contributed by atoms with van der Waals surface area (Å²) in [6.45, 7) is 2.69. The van der Waals surface area contributed by atoms with Crippen molar-refractivity contribution in [2.75, 3.05) is 19.4 Å². The van der Waals surface area contributed by atoms with Gasteiger partial charge in [0.05, 0.1) is 18.4 Å². The molecule has 0 atom stereocenters. The maximum atomic E-state index is 12.6. The minimum absolute atomic E-state index is 0.0855. The molecule has 27 heavy (non-hydrogen) atoms. The van der Waals surface area contributed by atoms with Gasteiger partial charge in [0.1, 0.15) is 5.75 Å². The third kappa shape index (κ3) is 4.84. The van der Waals surface area contributed by atoms with Gasteiger partial charge in [-0.25, -0.2) is 4.98 Å². The fourth-order valence-electron chi connectivity index (χ4n) is 3.11. The Morgan fingerprint density at radius 2 is 2.26 bits per heavy atom. The molecule has 2 aromatic rings. The third-order valence-electron chi connectivity index (χ3n) is 4.44. The number of hydrogen-bond acceptors (Lipinski definition) is 5. The second kappa shape index (κ2) is 9.28. The maximum absolute atomic E-state index is 12.6. The van der Waals surface area contributed by atoms with Gasteiger partial charge in [0.25, 0.3) is 0 Å². The fourth-order valence-corrected chi connectivity index (χ4v) is 3.95. The third-order valence-corrected chi connectivity index (χ3v) is 5.50. The normalized spacial score (nSPS) is 14.0. The van der Waals surface area contributed by atoms with Crippen LogP contribution in [0.3, 0.4) is 0 Å². The lowest BCUT2D eigenvalue weighted by molar-refractivity contribution is -0.126. The van der Waals surface area contributed by atoms with Gasteiger partial charge in [0.15, 0.2) is 5.82 Å². The molecule has 144 valence electrons. The van der Waals surface area contributed by atoms with Gasteiger partial charge in [0.2, 0.25) is 11.1 Å². The predicted octanol–water partition coefficient (Wildman–Crippen LogP) is 4.53. The molecule has 0 bridgehead atoms. The predicted molar refractivity (Wildman–Crippen MR) is 108 cm³/mol. The van der Waals surface area contributed by atoms with E-state index < -0.39 is 0 Å². The smallest absolute Gasteiger partial charge is 0.237 e. The molecule has 6 nitrogen and oxygen atoms in total. The van der Waals surface area contributed by atoms with Crippen LogP contribution in [0.5, 0.6) is 5.75 Å². The van der Waals surface area contributed by atoms with Crippen molar-refractivity contribution in [2.24, 2.45) is 0 Å². The number of H-pyrrole nitrogens is 1. The number of thioether (sulfide) groups is 1. The topological polar surface area (TPSA) is 71.1 Å². The van der Waals surface area contributed by atoms with Crippen LogP contribution >= 0.6 is 23.4 Å². The molecule has 0 saturated carbocycles. The Hall–Kier alpha value is -1.99. The van der Waals surface area contributed by atoms with Crippen LogP contribution in [0.15, 0.2) is 35.1 Å². The first kappa shape index (κ1) is 19.8. The van der Waals surface area contributed by atoms with Crippen LogP contribution in [0.4, 0.5) is 0 Å². The van der Waals surface area contributed by atoms with Crippen molar-refractivity contribution in [3.63, 3.8) is 0 Å². The van der Waals surface area contributed by atoms with Crippen molar-refractivity contribution in [2.45, 2.75) is 37.8 Å². The number of allylic oxidation sites excluding steroid dienone is 2. The second-order valence-electron chi connectivity index (χ2n) is 6.18. The highest BCUT2D eigenvalue weighted by Gasteiger charge is 2.19. The van der Waals surface area contributed by atoms with E-state index in [1.807, 2.05) is 11.8 Å². The van der Waals surface area contributed by atoms with E-state index in [4.69, 9.17) is 16.3 Å². The molecule has 0 saturated heterocycles. The Labute approximate surface area is 168 Å². The maximum Gasteiger partial charge on any atom is 0.237 e. The lowest BCUT2D eigenvalue weighted by atomic mass is 10.0. The molecule has 8 heteroatoms. The van der Waals surface area contributed by atoms with Crippen molar-refractivity contribution in [1.29, 1.82) is 0 Å². The molecule has 3 rings (SSSR count). The number of methoxy groups -OCH3 is 1. The van der Waals surface area contributed by atoms with Gasteiger partial charge in [-0.15, -0.1) is 5.10 Å². The summed E-state index contributed by atoms with van der Waals surface area (Å²) >= 11 is 7.40. The average molecular weight is 407 g/mol. The van der Waals surface area contributed by atoms with Crippen LogP contribution in [0.1, 0.15) is 32.6 Å². The molecule has 1 amide bonds. The molecule has 1 aromatic carbocycles. The van der Waals surface area contributed by atoms with Gasteiger partial charge in [-0.1, -0.05) is 29.4 Å². The fraction of sp³-hybridized carbons (Fsp3) is 0.421. The number of carbonyl (C=O) groups is 1. The number of nitrogens with zero attached hydrogens (tertiary/aromatic N) is 3. The van der Waals surface area contributed by atoms with Gasteiger partial charge in [0, 0.05) is 17.3 Å². The first-order chi connectivity index (χ1) is 13.1. The Morgan fingerprint density at radius 1 is 1.41 bits per heavy atom. The highest BCUT2D eigenvalue weighted by molar-refractivity contribution is 7.99. The number of halogens is 1. The van der Waals surface area contributed by atoms with E-state index in [0.717, 1.165) is 30.5 Å².